The normalized spacial score (nSPS) is 9.41. The minimum atomic E-state index is -1.10. The number of pyridine rings is 1. The van der Waals surface area contributed by atoms with Crippen LogP contribution in [0.4, 0.5) is 0 Å². The zero-order valence-electron chi connectivity index (χ0n) is 9.38. The second kappa shape index (κ2) is 5.66. The molecule has 5 heteroatoms. The standard InChI is InChI=1S/C12H12N2O3/c1-3-7-14(8-11(15)16)12(17)10-5-4-6-13-9(10)2/h1,4-6H,7-8H2,2H3,(H,15,16). The first-order valence-electron chi connectivity index (χ1n) is 4.92. The molecule has 0 radical (unpaired) electrons. The van der Waals surface area contributed by atoms with Crippen molar-refractivity contribution >= 4 is 11.9 Å². The van der Waals surface area contributed by atoms with Gasteiger partial charge in [-0.25, -0.2) is 0 Å². The highest BCUT2D eigenvalue weighted by Crippen LogP contribution is 2.07. The highest BCUT2D eigenvalue weighted by Gasteiger charge is 2.19. The van der Waals surface area contributed by atoms with Gasteiger partial charge >= 0.3 is 5.97 Å². The molecule has 0 aromatic carbocycles. The molecule has 0 bridgehead atoms. The fourth-order valence-corrected chi connectivity index (χ4v) is 1.35. The van der Waals surface area contributed by atoms with Crippen LogP contribution in [0.5, 0.6) is 0 Å². The van der Waals surface area contributed by atoms with Crippen LogP contribution < -0.4 is 0 Å². The summed E-state index contributed by atoms with van der Waals surface area (Å²) >= 11 is 0. The van der Waals surface area contributed by atoms with Crippen LogP contribution in [0.2, 0.25) is 0 Å². The second-order valence-corrected chi connectivity index (χ2v) is 3.40. The van der Waals surface area contributed by atoms with Crippen molar-refractivity contribution in [1.82, 2.24) is 9.88 Å². The van der Waals surface area contributed by atoms with Crippen LogP contribution in [0.1, 0.15) is 16.1 Å². The van der Waals surface area contributed by atoms with Crippen LogP contribution in [-0.2, 0) is 4.79 Å². The lowest BCUT2D eigenvalue weighted by atomic mass is 10.2. The van der Waals surface area contributed by atoms with Gasteiger partial charge in [-0.2, -0.15) is 0 Å². The first-order chi connectivity index (χ1) is 8.06. The van der Waals surface area contributed by atoms with E-state index in [1.54, 1.807) is 25.3 Å². The van der Waals surface area contributed by atoms with Gasteiger partial charge in [-0.1, -0.05) is 5.92 Å². The molecule has 1 aromatic rings. The maximum Gasteiger partial charge on any atom is 0.323 e. The summed E-state index contributed by atoms with van der Waals surface area (Å²) in [5.41, 5.74) is 0.911. The van der Waals surface area contributed by atoms with E-state index in [0.29, 0.717) is 11.3 Å². The van der Waals surface area contributed by atoms with Gasteiger partial charge in [0.2, 0.25) is 0 Å². The van der Waals surface area contributed by atoms with Gasteiger partial charge in [0.25, 0.3) is 5.91 Å². The van der Waals surface area contributed by atoms with Crippen LogP contribution >= 0.6 is 0 Å². The topological polar surface area (TPSA) is 70.5 Å². The van der Waals surface area contributed by atoms with E-state index in [4.69, 9.17) is 11.5 Å². The molecular formula is C12H12N2O3. The molecule has 1 rings (SSSR count). The van der Waals surface area contributed by atoms with Gasteiger partial charge in [0.1, 0.15) is 6.54 Å². The molecular weight excluding hydrogens is 220 g/mol. The predicted octanol–water partition coefficient (Wildman–Crippen LogP) is 0.550. The maximum absolute atomic E-state index is 12.0. The first-order valence-corrected chi connectivity index (χ1v) is 4.92. The number of hydrogen-bond donors (Lipinski definition) is 1. The van der Waals surface area contributed by atoms with E-state index < -0.39 is 18.4 Å². The Morgan fingerprint density at radius 2 is 2.29 bits per heavy atom. The number of aromatic nitrogens is 1. The molecule has 1 amide bonds. The molecule has 88 valence electrons. The van der Waals surface area contributed by atoms with Crippen molar-refractivity contribution in [3.05, 3.63) is 29.6 Å². The number of carbonyl (C=O) groups excluding carboxylic acids is 1. The molecule has 1 N–H and O–H groups in total. The van der Waals surface area contributed by atoms with Crippen molar-refractivity contribution in [3.63, 3.8) is 0 Å². The monoisotopic (exact) mass is 232 g/mol. The molecule has 1 aromatic heterocycles. The summed E-state index contributed by atoms with van der Waals surface area (Å²) in [4.78, 5) is 27.7. The van der Waals surface area contributed by atoms with E-state index in [1.165, 1.54) is 0 Å². The zero-order chi connectivity index (χ0) is 12.8. The number of carbonyl (C=O) groups is 2. The average molecular weight is 232 g/mol. The Balaban J connectivity index is 2.96. The molecule has 5 nitrogen and oxygen atoms in total. The molecule has 0 saturated carbocycles. The zero-order valence-corrected chi connectivity index (χ0v) is 9.38. The Bertz CT molecular complexity index is 477. The molecule has 0 spiro atoms. The van der Waals surface area contributed by atoms with E-state index in [1.807, 2.05) is 0 Å². The second-order valence-electron chi connectivity index (χ2n) is 3.40. The van der Waals surface area contributed by atoms with E-state index in [0.717, 1.165) is 4.90 Å². The number of carboxylic acids is 1. The first kappa shape index (κ1) is 12.7. The number of aryl methyl sites for hydroxylation is 1. The quantitative estimate of drug-likeness (QED) is 0.769. The number of amides is 1. The summed E-state index contributed by atoms with van der Waals surface area (Å²) in [5.74, 6) is 0.743. The van der Waals surface area contributed by atoms with Gasteiger partial charge in [0.15, 0.2) is 0 Å². The lowest BCUT2D eigenvalue weighted by Crippen LogP contribution is -2.36. The maximum atomic E-state index is 12.0. The van der Waals surface area contributed by atoms with Crippen LogP contribution in [0.15, 0.2) is 18.3 Å². The van der Waals surface area contributed by atoms with Crippen LogP contribution in [-0.4, -0.2) is 40.0 Å². The summed E-state index contributed by atoms with van der Waals surface area (Å²) in [7, 11) is 0. The van der Waals surface area contributed by atoms with Crippen molar-refractivity contribution in [2.24, 2.45) is 0 Å². The summed E-state index contributed by atoms with van der Waals surface area (Å²) in [6, 6.07) is 3.21. The van der Waals surface area contributed by atoms with Gasteiger partial charge < -0.3 is 10.0 Å². The summed E-state index contributed by atoms with van der Waals surface area (Å²) in [5, 5.41) is 8.70. The van der Waals surface area contributed by atoms with Crippen molar-refractivity contribution in [2.75, 3.05) is 13.1 Å². The highest BCUT2D eigenvalue weighted by molar-refractivity contribution is 5.96. The minimum Gasteiger partial charge on any atom is -0.480 e. The molecule has 0 saturated heterocycles. The van der Waals surface area contributed by atoms with Gasteiger partial charge in [0.05, 0.1) is 12.1 Å². The van der Waals surface area contributed by atoms with Gasteiger partial charge in [0, 0.05) is 11.9 Å². The van der Waals surface area contributed by atoms with E-state index in [-0.39, 0.29) is 6.54 Å². The van der Waals surface area contributed by atoms with Crippen molar-refractivity contribution < 1.29 is 14.7 Å². The third kappa shape index (κ3) is 3.31. The fourth-order valence-electron chi connectivity index (χ4n) is 1.35. The number of nitrogens with zero attached hydrogens (tertiary/aromatic N) is 2. The van der Waals surface area contributed by atoms with Crippen molar-refractivity contribution in [1.29, 1.82) is 0 Å². The molecule has 0 aliphatic rings. The molecule has 0 aliphatic heterocycles. The highest BCUT2D eigenvalue weighted by atomic mass is 16.4. The van der Waals surface area contributed by atoms with E-state index in [2.05, 4.69) is 10.9 Å². The Kier molecular flexibility index (Phi) is 4.23. The number of hydrogen-bond acceptors (Lipinski definition) is 3. The average Bonchev–Trinajstić information content (AvgIpc) is 2.28. The van der Waals surface area contributed by atoms with Crippen molar-refractivity contribution in [2.45, 2.75) is 6.92 Å². The summed E-state index contributed by atoms with van der Waals surface area (Å²) in [6.07, 6.45) is 6.67. The Morgan fingerprint density at radius 1 is 1.59 bits per heavy atom. The Morgan fingerprint density at radius 3 is 2.82 bits per heavy atom. The van der Waals surface area contributed by atoms with E-state index >= 15 is 0 Å². The molecule has 0 aliphatic carbocycles. The fraction of sp³-hybridized carbons (Fsp3) is 0.250. The Hall–Kier alpha value is -2.35. The number of rotatable bonds is 4. The van der Waals surface area contributed by atoms with Crippen LogP contribution in [0.25, 0.3) is 0 Å². The molecule has 17 heavy (non-hydrogen) atoms. The lowest BCUT2D eigenvalue weighted by Gasteiger charge is -2.18. The number of carboxylic acid groups (broad SMARTS) is 1. The Labute approximate surface area is 99.1 Å². The third-order valence-electron chi connectivity index (χ3n) is 2.13. The lowest BCUT2D eigenvalue weighted by molar-refractivity contribution is -0.137. The van der Waals surface area contributed by atoms with Crippen LogP contribution in [0.3, 0.4) is 0 Å². The third-order valence-corrected chi connectivity index (χ3v) is 2.13. The predicted molar refractivity (Wildman–Crippen MR) is 61.3 cm³/mol. The number of terminal acetylenes is 1. The molecule has 0 atom stereocenters. The molecule has 1 heterocycles. The van der Waals surface area contributed by atoms with Crippen LogP contribution in [0, 0.1) is 19.3 Å². The summed E-state index contributed by atoms with van der Waals surface area (Å²) < 4.78 is 0. The minimum absolute atomic E-state index is 0.0422. The van der Waals surface area contributed by atoms with Crippen molar-refractivity contribution in [3.8, 4) is 12.3 Å². The van der Waals surface area contributed by atoms with Gasteiger partial charge in [-0.3, -0.25) is 14.6 Å². The number of aliphatic carboxylic acids is 1. The smallest absolute Gasteiger partial charge is 0.323 e. The van der Waals surface area contributed by atoms with Gasteiger partial charge in [-0.15, -0.1) is 6.42 Å². The molecule has 0 unspecified atom stereocenters. The van der Waals surface area contributed by atoms with Gasteiger partial charge in [-0.05, 0) is 19.1 Å². The van der Waals surface area contributed by atoms with E-state index in [9.17, 15) is 9.59 Å². The molecule has 0 fully saturated rings. The summed E-state index contributed by atoms with van der Waals surface area (Å²) in [6.45, 7) is 1.22. The largest absolute Gasteiger partial charge is 0.480 e. The SMILES string of the molecule is C#CCN(CC(=O)O)C(=O)c1cccnc1C.